The number of aryl methyl sites for hydroxylation is 1. The average molecular weight is 274 g/mol. The topological polar surface area (TPSA) is 17.8 Å². The van der Waals surface area contributed by atoms with Crippen LogP contribution in [0, 0.1) is 0 Å². The lowest BCUT2D eigenvalue weighted by molar-refractivity contribution is -0.936. The van der Waals surface area contributed by atoms with Crippen LogP contribution in [0.15, 0.2) is 49.1 Å². The molecule has 0 N–H and O–H groups in total. The number of nitrogens with zero attached hydrogens (tertiary/aromatic N) is 3. The van der Waals surface area contributed by atoms with Gasteiger partial charge >= 0.3 is 0 Å². The molecular weight excluding hydrogens is 246 g/mol. The Labute approximate surface area is 123 Å². The summed E-state index contributed by atoms with van der Waals surface area (Å²) >= 11 is 0. The lowest BCUT2D eigenvalue weighted by Gasteiger charge is -2.35. The van der Waals surface area contributed by atoms with Gasteiger partial charge in [0.2, 0.25) is 0 Å². The number of benzene rings is 1. The van der Waals surface area contributed by atoms with E-state index in [0.717, 1.165) is 0 Å². The first-order chi connectivity index (χ1) is 9.65. The molecule has 0 fully saturated rings. The second-order valence-electron chi connectivity index (χ2n) is 5.16. The van der Waals surface area contributed by atoms with E-state index < -0.39 is 0 Å². The Morgan fingerprint density at radius 1 is 1.00 bits per heavy atom. The Hall–Kier alpha value is -1.61. The van der Waals surface area contributed by atoms with E-state index in [1.165, 1.54) is 36.2 Å². The number of imidazole rings is 1. The van der Waals surface area contributed by atoms with Crippen molar-refractivity contribution in [1.82, 2.24) is 9.55 Å². The molecule has 0 unspecified atom stereocenters. The molecule has 3 heteroatoms. The maximum absolute atomic E-state index is 3.78. The van der Waals surface area contributed by atoms with E-state index in [1.54, 1.807) is 12.5 Å². The van der Waals surface area contributed by atoms with Crippen LogP contribution in [0.4, 0.5) is 0 Å². The normalized spacial score (nSPS) is 10.8. The third kappa shape index (κ3) is 5.17. The van der Waals surface area contributed by atoms with Gasteiger partial charge in [-0.3, -0.25) is 0 Å². The van der Waals surface area contributed by atoms with Crippen LogP contribution in [0.5, 0.6) is 0 Å². The molecule has 0 saturated heterocycles. The van der Waals surface area contributed by atoms with E-state index in [9.17, 15) is 0 Å². The summed E-state index contributed by atoms with van der Waals surface area (Å²) in [5, 5.41) is 0. The minimum Gasteiger partial charge on any atom is -0.341 e. The number of rotatable bonds is 5. The Balaban J connectivity index is 0.000000276. The van der Waals surface area contributed by atoms with Gasteiger partial charge in [-0.2, -0.15) is 0 Å². The molecule has 0 aliphatic heterocycles. The van der Waals surface area contributed by atoms with Crippen LogP contribution in [-0.2, 0) is 13.6 Å². The summed E-state index contributed by atoms with van der Waals surface area (Å²) in [6, 6.07) is 10.8. The van der Waals surface area contributed by atoms with E-state index in [-0.39, 0.29) is 0 Å². The standard InChI is InChI=1S/C13H22N.C4H6N2/c1-4-14(5-2,6-3)12-13-10-8-7-9-11-13;1-6-3-2-5-4-6/h7-11H,4-6,12H2,1-3H3;2-4H,1H3/q+1;. The average Bonchev–Trinajstić information content (AvgIpc) is 2.98. The van der Waals surface area contributed by atoms with Crippen molar-refractivity contribution in [1.29, 1.82) is 0 Å². The van der Waals surface area contributed by atoms with Crippen molar-refractivity contribution in [2.45, 2.75) is 27.3 Å². The van der Waals surface area contributed by atoms with Crippen molar-refractivity contribution in [2.24, 2.45) is 7.05 Å². The monoisotopic (exact) mass is 274 g/mol. The van der Waals surface area contributed by atoms with Crippen molar-refractivity contribution < 1.29 is 4.48 Å². The fourth-order valence-electron chi connectivity index (χ4n) is 2.30. The first-order valence-corrected chi connectivity index (χ1v) is 7.46. The molecule has 20 heavy (non-hydrogen) atoms. The number of hydrogen-bond acceptors (Lipinski definition) is 1. The molecule has 0 bridgehead atoms. The summed E-state index contributed by atoms with van der Waals surface area (Å²) in [6.07, 6.45) is 5.39. The highest BCUT2D eigenvalue weighted by Crippen LogP contribution is 2.13. The van der Waals surface area contributed by atoms with Crippen LogP contribution in [0.25, 0.3) is 0 Å². The van der Waals surface area contributed by atoms with Gasteiger partial charge in [0, 0.05) is 25.0 Å². The van der Waals surface area contributed by atoms with Crippen molar-refractivity contribution >= 4 is 0 Å². The highest BCUT2D eigenvalue weighted by atomic mass is 15.3. The third-order valence-corrected chi connectivity index (χ3v) is 4.01. The lowest BCUT2D eigenvalue weighted by Crippen LogP contribution is -2.46. The minimum absolute atomic E-state index is 1.17. The van der Waals surface area contributed by atoms with E-state index >= 15 is 0 Å². The Morgan fingerprint density at radius 2 is 1.60 bits per heavy atom. The summed E-state index contributed by atoms with van der Waals surface area (Å²) in [4.78, 5) is 3.78. The van der Waals surface area contributed by atoms with Gasteiger partial charge in [-0.25, -0.2) is 4.98 Å². The predicted octanol–water partition coefficient (Wildman–Crippen LogP) is 3.48. The molecule has 110 valence electrons. The highest BCUT2D eigenvalue weighted by molar-refractivity contribution is 5.13. The van der Waals surface area contributed by atoms with Crippen LogP contribution < -0.4 is 0 Å². The van der Waals surface area contributed by atoms with Crippen molar-refractivity contribution in [3.05, 3.63) is 54.6 Å². The summed E-state index contributed by atoms with van der Waals surface area (Å²) in [5.74, 6) is 0. The van der Waals surface area contributed by atoms with Crippen LogP contribution in [0.1, 0.15) is 26.3 Å². The molecule has 2 aromatic rings. The predicted molar refractivity (Wildman–Crippen MR) is 85.2 cm³/mol. The third-order valence-electron chi connectivity index (χ3n) is 4.01. The second kappa shape index (κ2) is 8.54. The summed E-state index contributed by atoms with van der Waals surface area (Å²) in [5.41, 5.74) is 1.46. The van der Waals surface area contributed by atoms with Crippen molar-refractivity contribution in [3.8, 4) is 0 Å². The van der Waals surface area contributed by atoms with Crippen LogP contribution >= 0.6 is 0 Å². The van der Waals surface area contributed by atoms with Gasteiger partial charge in [0.1, 0.15) is 6.54 Å². The second-order valence-corrected chi connectivity index (χ2v) is 5.16. The molecule has 1 aromatic heterocycles. The molecule has 0 aliphatic carbocycles. The zero-order chi connectivity index (χ0) is 14.8. The van der Waals surface area contributed by atoms with Crippen molar-refractivity contribution in [2.75, 3.05) is 19.6 Å². The SMILES string of the molecule is CC[N+](CC)(CC)Cc1ccccc1.Cn1ccnc1. The summed E-state index contributed by atoms with van der Waals surface area (Å²) < 4.78 is 3.09. The van der Waals surface area contributed by atoms with Crippen molar-refractivity contribution in [3.63, 3.8) is 0 Å². The quantitative estimate of drug-likeness (QED) is 0.763. The molecule has 1 aromatic carbocycles. The van der Waals surface area contributed by atoms with E-state index in [1.807, 2.05) is 17.8 Å². The largest absolute Gasteiger partial charge is 0.341 e. The van der Waals surface area contributed by atoms with Crippen LogP contribution in [0.2, 0.25) is 0 Å². The molecule has 3 nitrogen and oxygen atoms in total. The van der Waals surface area contributed by atoms with Gasteiger partial charge in [-0.15, -0.1) is 0 Å². The number of quaternary nitrogens is 1. The van der Waals surface area contributed by atoms with Gasteiger partial charge in [-0.1, -0.05) is 30.3 Å². The van der Waals surface area contributed by atoms with Gasteiger partial charge in [0.15, 0.2) is 0 Å². The molecule has 0 atom stereocenters. The maximum atomic E-state index is 3.78. The van der Waals surface area contributed by atoms with Crippen LogP contribution in [-0.4, -0.2) is 33.7 Å². The molecule has 0 saturated carbocycles. The minimum atomic E-state index is 1.17. The van der Waals surface area contributed by atoms with Gasteiger partial charge < -0.3 is 9.05 Å². The summed E-state index contributed by atoms with van der Waals surface area (Å²) in [7, 11) is 1.94. The van der Waals surface area contributed by atoms with Gasteiger partial charge in [0.05, 0.1) is 26.0 Å². The molecule has 0 aliphatic rings. The fourth-order valence-corrected chi connectivity index (χ4v) is 2.30. The van der Waals surface area contributed by atoms with E-state index in [0.29, 0.717) is 0 Å². The first kappa shape index (κ1) is 16.4. The maximum Gasteiger partial charge on any atom is 0.104 e. The van der Waals surface area contributed by atoms with E-state index in [2.05, 4.69) is 56.1 Å². The molecule has 0 radical (unpaired) electrons. The van der Waals surface area contributed by atoms with Crippen LogP contribution in [0.3, 0.4) is 0 Å². The molecule has 1 heterocycles. The Morgan fingerprint density at radius 3 is 1.95 bits per heavy atom. The molecular formula is C17H28N3+. The zero-order valence-electron chi connectivity index (χ0n) is 13.3. The Bertz CT molecular complexity index is 436. The first-order valence-electron chi connectivity index (χ1n) is 7.46. The molecule has 0 spiro atoms. The number of hydrogen-bond donors (Lipinski definition) is 0. The van der Waals surface area contributed by atoms with Gasteiger partial charge in [-0.05, 0) is 20.8 Å². The lowest BCUT2D eigenvalue weighted by atomic mass is 10.2. The zero-order valence-corrected chi connectivity index (χ0v) is 13.3. The Kier molecular flexibility index (Phi) is 7.02. The molecule has 2 rings (SSSR count). The summed E-state index contributed by atoms with van der Waals surface area (Å²) in [6.45, 7) is 11.7. The fraction of sp³-hybridized carbons (Fsp3) is 0.471. The molecule has 0 amide bonds. The highest BCUT2D eigenvalue weighted by Gasteiger charge is 2.20. The van der Waals surface area contributed by atoms with Gasteiger partial charge in [0.25, 0.3) is 0 Å². The van der Waals surface area contributed by atoms with E-state index in [4.69, 9.17) is 0 Å². The smallest absolute Gasteiger partial charge is 0.104 e. The number of aromatic nitrogens is 2.